The van der Waals surface area contributed by atoms with Crippen LogP contribution in [0.4, 0.5) is 0 Å². The maximum absolute atomic E-state index is 11.7. The molecule has 1 aliphatic carbocycles. The Hall–Kier alpha value is 0.150. The summed E-state index contributed by atoms with van der Waals surface area (Å²) in [5, 5.41) is 0.510. The predicted molar refractivity (Wildman–Crippen MR) is 59.2 cm³/mol. The number of hydrogen-bond donors (Lipinski definition) is 0. The number of ketones is 1. The molecule has 13 heavy (non-hydrogen) atoms. The van der Waals surface area contributed by atoms with Crippen molar-refractivity contribution >= 4 is 21.7 Å². The van der Waals surface area contributed by atoms with E-state index in [0.29, 0.717) is 17.0 Å². The minimum atomic E-state index is -0.107. The minimum Gasteiger partial charge on any atom is -0.298 e. The second kappa shape index (κ2) is 4.59. The van der Waals surface area contributed by atoms with Crippen molar-refractivity contribution in [2.45, 2.75) is 46.0 Å². The van der Waals surface area contributed by atoms with Crippen LogP contribution in [0, 0.1) is 11.3 Å². The van der Waals surface area contributed by atoms with Gasteiger partial charge in [0, 0.05) is 5.41 Å². The number of carbonyl (C=O) groups is 1. The maximum atomic E-state index is 11.7. The molecule has 1 nitrogen and oxygen atoms in total. The lowest BCUT2D eigenvalue weighted by atomic mass is 9.69. The standard InChI is InChI=1S/C11H19BrO/c1-11(2,10(13)8-12)9-6-4-3-5-7-9/h9H,3-8H2,1-2H3. The zero-order valence-corrected chi connectivity index (χ0v) is 10.2. The van der Waals surface area contributed by atoms with Crippen LogP contribution in [0.3, 0.4) is 0 Å². The van der Waals surface area contributed by atoms with Crippen LogP contribution in [-0.2, 0) is 4.79 Å². The van der Waals surface area contributed by atoms with Gasteiger partial charge in [-0.25, -0.2) is 0 Å². The van der Waals surface area contributed by atoms with Crippen molar-refractivity contribution in [1.82, 2.24) is 0 Å². The normalized spacial score (nSPS) is 20.2. The van der Waals surface area contributed by atoms with Gasteiger partial charge in [-0.15, -0.1) is 0 Å². The Kier molecular flexibility index (Phi) is 3.96. The average molecular weight is 247 g/mol. The Morgan fingerprint density at radius 3 is 2.31 bits per heavy atom. The average Bonchev–Trinajstić information content (AvgIpc) is 2.18. The fraction of sp³-hybridized carbons (Fsp3) is 0.909. The molecule has 0 saturated heterocycles. The molecule has 2 heteroatoms. The third-order valence-corrected chi connectivity index (χ3v) is 3.98. The third-order valence-electron chi connectivity index (χ3n) is 3.47. The first-order valence-electron chi connectivity index (χ1n) is 5.18. The van der Waals surface area contributed by atoms with Gasteiger partial charge in [0.15, 0.2) is 0 Å². The molecule has 1 saturated carbocycles. The van der Waals surface area contributed by atoms with Crippen molar-refractivity contribution in [3.8, 4) is 0 Å². The van der Waals surface area contributed by atoms with Crippen molar-refractivity contribution in [2.75, 3.05) is 5.33 Å². The quantitative estimate of drug-likeness (QED) is 0.697. The molecule has 0 N–H and O–H groups in total. The number of hydrogen-bond acceptors (Lipinski definition) is 1. The van der Waals surface area contributed by atoms with E-state index in [1.54, 1.807) is 0 Å². The molecule has 1 aliphatic rings. The molecular formula is C11H19BrO. The highest BCUT2D eigenvalue weighted by atomic mass is 79.9. The molecule has 0 heterocycles. The molecule has 0 amide bonds. The molecule has 0 aromatic carbocycles. The van der Waals surface area contributed by atoms with E-state index in [0.717, 1.165) is 0 Å². The number of rotatable bonds is 3. The van der Waals surface area contributed by atoms with Crippen molar-refractivity contribution in [1.29, 1.82) is 0 Å². The van der Waals surface area contributed by atoms with E-state index in [2.05, 4.69) is 29.8 Å². The number of Topliss-reactive ketones (excluding diaryl/α,β-unsaturated/α-hetero) is 1. The van der Waals surface area contributed by atoms with Crippen molar-refractivity contribution in [2.24, 2.45) is 11.3 Å². The van der Waals surface area contributed by atoms with Gasteiger partial charge < -0.3 is 0 Å². The lowest BCUT2D eigenvalue weighted by Crippen LogP contribution is -2.35. The van der Waals surface area contributed by atoms with Gasteiger partial charge in [-0.3, -0.25) is 4.79 Å². The molecule has 1 rings (SSSR count). The molecule has 0 bridgehead atoms. The van der Waals surface area contributed by atoms with Crippen LogP contribution in [0.1, 0.15) is 46.0 Å². The third kappa shape index (κ3) is 2.55. The fourth-order valence-corrected chi connectivity index (χ4v) is 2.95. The summed E-state index contributed by atoms with van der Waals surface area (Å²) >= 11 is 3.27. The Labute approximate surface area is 89.4 Å². The lowest BCUT2D eigenvalue weighted by Gasteiger charge is -2.35. The van der Waals surface area contributed by atoms with Crippen LogP contribution in [-0.4, -0.2) is 11.1 Å². The summed E-state index contributed by atoms with van der Waals surface area (Å²) in [7, 11) is 0. The first-order valence-corrected chi connectivity index (χ1v) is 6.30. The van der Waals surface area contributed by atoms with Gasteiger partial charge in [0.1, 0.15) is 5.78 Å². The van der Waals surface area contributed by atoms with Gasteiger partial charge in [0.2, 0.25) is 0 Å². The van der Waals surface area contributed by atoms with Gasteiger partial charge >= 0.3 is 0 Å². The zero-order chi connectivity index (χ0) is 9.90. The highest BCUT2D eigenvalue weighted by molar-refractivity contribution is 9.09. The van der Waals surface area contributed by atoms with Gasteiger partial charge in [-0.2, -0.15) is 0 Å². The summed E-state index contributed by atoms with van der Waals surface area (Å²) in [6, 6.07) is 0. The smallest absolute Gasteiger partial charge is 0.149 e. The molecule has 0 atom stereocenters. The van der Waals surface area contributed by atoms with Crippen LogP contribution in [0.5, 0.6) is 0 Å². The minimum absolute atomic E-state index is 0.107. The van der Waals surface area contributed by atoms with Gasteiger partial charge in [0.25, 0.3) is 0 Å². The SMILES string of the molecule is CC(C)(C(=O)CBr)C1CCCCC1. The van der Waals surface area contributed by atoms with Crippen molar-refractivity contribution in [3.05, 3.63) is 0 Å². The van der Waals surface area contributed by atoms with E-state index in [9.17, 15) is 4.79 Å². The molecule has 0 aromatic heterocycles. The number of alkyl halides is 1. The van der Waals surface area contributed by atoms with Crippen molar-refractivity contribution < 1.29 is 4.79 Å². The molecule has 0 spiro atoms. The van der Waals surface area contributed by atoms with Crippen LogP contribution in [0.2, 0.25) is 0 Å². The highest BCUT2D eigenvalue weighted by Gasteiger charge is 2.35. The lowest BCUT2D eigenvalue weighted by molar-refractivity contribution is -0.127. The Morgan fingerprint density at radius 2 is 1.85 bits per heavy atom. The van der Waals surface area contributed by atoms with Crippen LogP contribution in [0.15, 0.2) is 0 Å². The Bertz CT molecular complexity index is 181. The molecule has 1 fully saturated rings. The van der Waals surface area contributed by atoms with E-state index >= 15 is 0 Å². The van der Waals surface area contributed by atoms with Crippen LogP contribution in [0.25, 0.3) is 0 Å². The Morgan fingerprint density at radius 1 is 1.31 bits per heavy atom. The summed E-state index contributed by atoms with van der Waals surface area (Å²) < 4.78 is 0. The zero-order valence-electron chi connectivity index (χ0n) is 8.61. The topological polar surface area (TPSA) is 17.1 Å². The molecule has 0 aliphatic heterocycles. The summed E-state index contributed by atoms with van der Waals surface area (Å²) in [4.78, 5) is 11.7. The van der Waals surface area contributed by atoms with Crippen LogP contribution >= 0.6 is 15.9 Å². The second-order valence-electron chi connectivity index (χ2n) is 4.61. The summed E-state index contributed by atoms with van der Waals surface area (Å²) in [5.74, 6) is 0.978. The first-order chi connectivity index (χ1) is 6.09. The maximum Gasteiger partial charge on any atom is 0.149 e. The molecular weight excluding hydrogens is 228 g/mol. The highest BCUT2D eigenvalue weighted by Crippen LogP contribution is 2.39. The van der Waals surface area contributed by atoms with E-state index in [4.69, 9.17) is 0 Å². The summed E-state index contributed by atoms with van der Waals surface area (Å²) in [6.45, 7) is 4.21. The second-order valence-corrected chi connectivity index (χ2v) is 5.17. The first kappa shape index (κ1) is 11.2. The molecule has 76 valence electrons. The van der Waals surface area contributed by atoms with E-state index < -0.39 is 0 Å². The van der Waals surface area contributed by atoms with E-state index in [1.807, 2.05) is 0 Å². The van der Waals surface area contributed by atoms with Gasteiger partial charge in [-0.1, -0.05) is 49.0 Å². The van der Waals surface area contributed by atoms with Gasteiger partial charge in [-0.05, 0) is 18.8 Å². The number of halogens is 1. The fourth-order valence-electron chi connectivity index (χ4n) is 2.22. The van der Waals surface area contributed by atoms with Gasteiger partial charge in [0.05, 0.1) is 5.33 Å². The molecule has 0 unspecified atom stereocenters. The predicted octanol–water partition coefficient (Wildman–Crippen LogP) is 3.56. The largest absolute Gasteiger partial charge is 0.298 e. The monoisotopic (exact) mass is 246 g/mol. The molecule has 0 aromatic rings. The Balaban J connectivity index is 2.60. The van der Waals surface area contributed by atoms with Crippen molar-refractivity contribution in [3.63, 3.8) is 0 Å². The van der Waals surface area contributed by atoms with E-state index in [-0.39, 0.29) is 5.41 Å². The summed E-state index contributed by atoms with van der Waals surface area (Å²) in [5.41, 5.74) is -0.107. The van der Waals surface area contributed by atoms with Crippen LogP contribution < -0.4 is 0 Å². The molecule has 0 radical (unpaired) electrons. The van der Waals surface area contributed by atoms with E-state index in [1.165, 1.54) is 32.1 Å². The summed E-state index contributed by atoms with van der Waals surface area (Å²) in [6.07, 6.45) is 6.46. The number of carbonyl (C=O) groups excluding carboxylic acids is 1.